The molecule has 30 heavy (non-hydrogen) atoms. The topological polar surface area (TPSA) is 103 Å². The molecule has 6 nitrogen and oxygen atoms in total. The van der Waals surface area contributed by atoms with Gasteiger partial charge in [-0.25, -0.2) is 4.79 Å². The first-order valence-corrected chi connectivity index (χ1v) is 9.44. The standard InChI is InChI=1S/C23H17ClN2O4/c1-2-14-3-6-17(7-4-14)26-22(27)16(13-25)11-18-8-10-21(30-18)15-5-9-20(24)19(12-15)23(28)29/h3-12H,2H2,1H3,(H,26,27)(H,28,29)/b16-11+. The summed E-state index contributed by atoms with van der Waals surface area (Å²) in [6.45, 7) is 2.04. The van der Waals surface area contributed by atoms with Crippen molar-refractivity contribution in [2.24, 2.45) is 0 Å². The number of furan rings is 1. The summed E-state index contributed by atoms with van der Waals surface area (Å²) in [5.74, 6) is -1.04. The lowest BCUT2D eigenvalue weighted by molar-refractivity contribution is -0.112. The highest BCUT2D eigenvalue weighted by atomic mass is 35.5. The van der Waals surface area contributed by atoms with Gasteiger partial charge in [-0.2, -0.15) is 5.26 Å². The Morgan fingerprint density at radius 2 is 1.90 bits per heavy atom. The molecule has 0 aliphatic rings. The maximum atomic E-state index is 12.4. The van der Waals surface area contributed by atoms with Gasteiger partial charge < -0.3 is 14.8 Å². The van der Waals surface area contributed by atoms with Crippen LogP contribution in [0.4, 0.5) is 5.69 Å². The minimum atomic E-state index is -1.15. The summed E-state index contributed by atoms with van der Waals surface area (Å²) < 4.78 is 5.66. The van der Waals surface area contributed by atoms with E-state index in [9.17, 15) is 20.0 Å². The van der Waals surface area contributed by atoms with Crippen LogP contribution in [0.1, 0.15) is 28.6 Å². The van der Waals surface area contributed by atoms with Gasteiger partial charge in [0.25, 0.3) is 5.91 Å². The lowest BCUT2D eigenvalue weighted by Crippen LogP contribution is -2.13. The third-order valence-electron chi connectivity index (χ3n) is 4.38. The lowest BCUT2D eigenvalue weighted by Gasteiger charge is -2.05. The average Bonchev–Trinajstić information content (AvgIpc) is 3.21. The summed E-state index contributed by atoms with van der Waals surface area (Å²) in [7, 11) is 0. The summed E-state index contributed by atoms with van der Waals surface area (Å²) in [6.07, 6.45) is 2.22. The molecule has 150 valence electrons. The third kappa shape index (κ3) is 4.77. The van der Waals surface area contributed by atoms with Crippen molar-refractivity contribution in [3.8, 4) is 17.4 Å². The van der Waals surface area contributed by atoms with Crippen molar-refractivity contribution < 1.29 is 19.1 Å². The van der Waals surface area contributed by atoms with E-state index in [-0.39, 0.29) is 21.9 Å². The van der Waals surface area contributed by atoms with Gasteiger partial charge in [0.15, 0.2) is 0 Å². The second-order valence-corrected chi connectivity index (χ2v) is 6.78. The Kier molecular flexibility index (Phi) is 6.35. The summed E-state index contributed by atoms with van der Waals surface area (Å²) >= 11 is 5.89. The fraction of sp³-hybridized carbons (Fsp3) is 0.0870. The second kappa shape index (κ2) is 9.12. The van der Waals surface area contributed by atoms with Crippen LogP contribution in [0.2, 0.25) is 5.02 Å². The van der Waals surface area contributed by atoms with E-state index in [0.717, 1.165) is 12.0 Å². The number of nitrogens with zero attached hydrogens (tertiary/aromatic N) is 1. The van der Waals surface area contributed by atoms with Crippen molar-refractivity contribution in [1.82, 2.24) is 0 Å². The van der Waals surface area contributed by atoms with Gasteiger partial charge in [0.2, 0.25) is 0 Å². The molecule has 1 amide bonds. The quantitative estimate of drug-likeness (QED) is 0.410. The molecule has 0 aliphatic heterocycles. The number of carbonyl (C=O) groups excluding carboxylic acids is 1. The van der Waals surface area contributed by atoms with Gasteiger partial charge in [-0.05, 0) is 54.4 Å². The second-order valence-electron chi connectivity index (χ2n) is 6.38. The van der Waals surface area contributed by atoms with E-state index in [2.05, 4.69) is 5.32 Å². The molecular weight excluding hydrogens is 404 g/mol. The molecule has 2 N–H and O–H groups in total. The number of carbonyl (C=O) groups is 2. The zero-order valence-electron chi connectivity index (χ0n) is 16.0. The number of rotatable bonds is 6. The predicted octanol–water partition coefficient (Wildman–Crippen LogP) is 5.41. The van der Waals surface area contributed by atoms with Crippen LogP contribution in [0.25, 0.3) is 17.4 Å². The van der Waals surface area contributed by atoms with E-state index in [1.165, 1.54) is 18.2 Å². The predicted molar refractivity (Wildman–Crippen MR) is 114 cm³/mol. The van der Waals surface area contributed by atoms with Crippen LogP contribution in [-0.4, -0.2) is 17.0 Å². The molecule has 0 aliphatic carbocycles. The molecule has 0 saturated heterocycles. The Morgan fingerprint density at radius 1 is 1.17 bits per heavy atom. The Morgan fingerprint density at radius 3 is 2.53 bits per heavy atom. The molecule has 1 aromatic heterocycles. The molecule has 7 heteroatoms. The molecule has 0 spiro atoms. The third-order valence-corrected chi connectivity index (χ3v) is 4.71. The van der Waals surface area contributed by atoms with Gasteiger partial charge in [0.1, 0.15) is 23.2 Å². The molecule has 3 aromatic rings. The number of carboxylic acids is 1. The number of benzene rings is 2. The van der Waals surface area contributed by atoms with Crippen LogP contribution in [0, 0.1) is 11.3 Å². The highest BCUT2D eigenvalue weighted by Gasteiger charge is 2.14. The summed E-state index contributed by atoms with van der Waals surface area (Å²) in [5, 5.41) is 21.4. The monoisotopic (exact) mass is 420 g/mol. The molecule has 0 saturated carbocycles. The first kappa shape index (κ1) is 20.9. The van der Waals surface area contributed by atoms with Crippen LogP contribution in [-0.2, 0) is 11.2 Å². The summed E-state index contributed by atoms with van der Waals surface area (Å²) in [6, 6.07) is 16.9. The van der Waals surface area contributed by atoms with E-state index in [1.54, 1.807) is 30.3 Å². The van der Waals surface area contributed by atoms with E-state index in [0.29, 0.717) is 17.0 Å². The number of amides is 1. The number of nitrogens with one attached hydrogen (secondary N) is 1. The highest BCUT2D eigenvalue weighted by Crippen LogP contribution is 2.27. The first-order chi connectivity index (χ1) is 14.4. The minimum absolute atomic E-state index is 0.0474. The van der Waals surface area contributed by atoms with Crippen molar-refractivity contribution in [3.63, 3.8) is 0 Å². The van der Waals surface area contributed by atoms with Crippen molar-refractivity contribution in [1.29, 1.82) is 5.26 Å². The van der Waals surface area contributed by atoms with Crippen molar-refractivity contribution in [3.05, 3.63) is 82.1 Å². The fourth-order valence-corrected chi connectivity index (χ4v) is 2.94. The molecule has 0 bridgehead atoms. The van der Waals surface area contributed by atoms with E-state index in [1.807, 2.05) is 25.1 Å². The number of nitriles is 1. The van der Waals surface area contributed by atoms with Crippen LogP contribution < -0.4 is 5.32 Å². The van der Waals surface area contributed by atoms with Crippen molar-refractivity contribution in [2.75, 3.05) is 5.32 Å². The number of aryl methyl sites for hydroxylation is 1. The van der Waals surface area contributed by atoms with E-state index < -0.39 is 11.9 Å². The van der Waals surface area contributed by atoms with E-state index >= 15 is 0 Å². The number of carboxylic acid groups (broad SMARTS) is 1. The average molecular weight is 421 g/mol. The van der Waals surface area contributed by atoms with Crippen molar-refractivity contribution in [2.45, 2.75) is 13.3 Å². The van der Waals surface area contributed by atoms with E-state index in [4.69, 9.17) is 16.0 Å². The lowest BCUT2D eigenvalue weighted by atomic mass is 10.1. The number of aromatic carboxylic acids is 1. The minimum Gasteiger partial charge on any atom is -0.478 e. The molecule has 0 unspecified atom stereocenters. The highest BCUT2D eigenvalue weighted by molar-refractivity contribution is 6.33. The normalized spacial score (nSPS) is 11.0. The number of halogens is 1. The molecule has 3 rings (SSSR count). The molecule has 1 heterocycles. The summed E-state index contributed by atoms with van der Waals surface area (Å²) in [4.78, 5) is 23.7. The Hall–Kier alpha value is -3.82. The molecule has 0 fully saturated rings. The van der Waals surface area contributed by atoms with Gasteiger partial charge in [-0.15, -0.1) is 0 Å². The zero-order valence-corrected chi connectivity index (χ0v) is 16.7. The van der Waals surface area contributed by atoms with Crippen LogP contribution in [0.3, 0.4) is 0 Å². The Bertz CT molecular complexity index is 1170. The van der Waals surface area contributed by atoms with Crippen LogP contribution >= 0.6 is 11.6 Å². The van der Waals surface area contributed by atoms with Crippen LogP contribution in [0.5, 0.6) is 0 Å². The molecule has 0 atom stereocenters. The number of hydrogen-bond acceptors (Lipinski definition) is 4. The van der Waals surface area contributed by atoms with Gasteiger partial charge in [-0.1, -0.05) is 30.7 Å². The fourth-order valence-electron chi connectivity index (χ4n) is 2.74. The SMILES string of the molecule is CCc1ccc(NC(=O)/C(C#N)=C/c2ccc(-c3ccc(Cl)c(C(=O)O)c3)o2)cc1. The largest absolute Gasteiger partial charge is 0.478 e. The Labute approximate surface area is 178 Å². The number of hydrogen-bond donors (Lipinski definition) is 2. The molecule has 0 radical (unpaired) electrons. The molecular formula is C23H17ClN2O4. The maximum absolute atomic E-state index is 12.4. The van der Waals surface area contributed by atoms with Crippen molar-refractivity contribution >= 4 is 35.2 Å². The van der Waals surface area contributed by atoms with Gasteiger partial charge in [0.05, 0.1) is 10.6 Å². The zero-order chi connectivity index (χ0) is 21.7. The molecule has 2 aromatic carbocycles. The van der Waals surface area contributed by atoms with Gasteiger partial charge in [0, 0.05) is 17.3 Å². The first-order valence-electron chi connectivity index (χ1n) is 9.06. The van der Waals surface area contributed by atoms with Gasteiger partial charge >= 0.3 is 5.97 Å². The smallest absolute Gasteiger partial charge is 0.337 e. The van der Waals surface area contributed by atoms with Gasteiger partial charge in [-0.3, -0.25) is 4.79 Å². The Balaban J connectivity index is 1.81. The maximum Gasteiger partial charge on any atom is 0.337 e. The number of anilines is 1. The summed E-state index contributed by atoms with van der Waals surface area (Å²) in [5.41, 5.74) is 2.06. The van der Waals surface area contributed by atoms with Crippen LogP contribution in [0.15, 0.2) is 64.6 Å².